The fraction of sp³-hybridized carbons (Fsp3) is 0.613. The third-order valence-electron chi connectivity index (χ3n) is 9.34. The highest BCUT2D eigenvalue weighted by Crippen LogP contribution is 2.51. The second-order valence-electron chi connectivity index (χ2n) is 13.0. The summed E-state index contributed by atoms with van der Waals surface area (Å²) in [6.45, 7) is 8.10. The Hall–Kier alpha value is -3.16. The molecule has 39 heavy (non-hydrogen) atoms. The molecule has 8 nitrogen and oxygen atoms in total. The summed E-state index contributed by atoms with van der Waals surface area (Å²) in [5.74, 6) is 1.15. The number of anilines is 1. The number of nitrogens with one attached hydrogen (secondary N) is 3. The summed E-state index contributed by atoms with van der Waals surface area (Å²) >= 11 is 0. The molecular weight excluding hydrogens is 490 g/mol. The molecule has 0 aliphatic heterocycles. The highest BCUT2D eigenvalue weighted by molar-refractivity contribution is 6.01. The van der Waals surface area contributed by atoms with Gasteiger partial charge in [0.05, 0.1) is 5.41 Å². The standard InChI is InChI=1S/C31H43N5O3/c1-30(2,29(39)35-31(3,4)22-7-6-8-22)21-13-15-23(16-14-21)33-28(38)26(25(19-9-10-19)20-11-12-20)34-27(37)24-17-18-32-36(24)5/h13-20,22,25-26H,6-12H2,1-5H3,(H,33,38)(H,34,37)(H,35,39)/t26-/m0/s1. The van der Waals surface area contributed by atoms with Crippen LogP contribution in [0.15, 0.2) is 36.5 Å². The van der Waals surface area contributed by atoms with Gasteiger partial charge in [0, 0.05) is 24.5 Å². The van der Waals surface area contributed by atoms with E-state index in [-0.39, 0.29) is 29.2 Å². The minimum absolute atomic E-state index is 0.00540. The van der Waals surface area contributed by atoms with E-state index in [2.05, 4.69) is 34.9 Å². The van der Waals surface area contributed by atoms with Crippen molar-refractivity contribution in [3.05, 3.63) is 47.8 Å². The van der Waals surface area contributed by atoms with E-state index in [1.807, 2.05) is 38.1 Å². The molecule has 3 N–H and O–H groups in total. The minimum atomic E-state index is -0.716. The third-order valence-corrected chi connectivity index (χ3v) is 9.34. The predicted molar refractivity (Wildman–Crippen MR) is 151 cm³/mol. The van der Waals surface area contributed by atoms with Gasteiger partial charge in [0.2, 0.25) is 11.8 Å². The first-order valence-corrected chi connectivity index (χ1v) is 14.5. The Morgan fingerprint density at radius 1 is 0.923 bits per heavy atom. The van der Waals surface area contributed by atoms with Crippen LogP contribution in [0, 0.1) is 23.7 Å². The normalized spacial score (nSPS) is 18.8. The first kappa shape index (κ1) is 27.4. The van der Waals surface area contributed by atoms with Gasteiger partial charge in [0.25, 0.3) is 5.91 Å². The molecule has 3 saturated carbocycles. The summed E-state index contributed by atoms with van der Waals surface area (Å²) in [6, 6.07) is 8.58. The maximum absolute atomic E-state index is 13.6. The van der Waals surface area contributed by atoms with Crippen molar-refractivity contribution in [2.24, 2.45) is 30.7 Å². The largest absolute Gasteiger partial charge is 0.350 e. The monoisotopic (exact) mass is 533 g/mol. The zero-order chi connectivity index (χ0) is 27.9. The van der Waals surface area contributed by atoms with Gasteiger partial charge in [-0.05, 0) is 114 Å². The van der Waals surface area contributed by atoms with Crippen molar-refractivity contribution in [2.75, 3.05) is 5.32 Å². The Kier molecular flexibility index (Phi) is 7.33. The molecule has 0 spiro atoms. The van der Waals surface area contributed by atoms with Crippen LogP contribution in [-0.4, -0.2) is 39.1 Å². The lowest BCUT2D eigenvalue weighted by Gasteiger charge is -2.42. The Balaban J connectivity index is 1.28. The van der Waals surface area contributed by atoms with Crippen molar-refractivity contribution in [1.29, 1.82) is 0 Å². The summed E-state index contributed by atoms with van der Waals surface area (Å²) in [5, 5.41) is 13.5. The molecule has 210 valence electrons. The van der Waals surface area contributed by atoms with Gasteiger partial charge in [0.1, 0.15) is 11.7 Å². The smallest absolute Gasteiger partial charge is 0.270 e. The summed E-state index contributed by atoms with van der Waals surface area (Å²) < 4.78 is 1.53. The lowest BCUT2D eigenvalue weighted by atomic mass is 9.72. The Bertz CT molecular complexity index is 1210. The Morgan fingerprint density at radius 3 is 2.03 bits per heavy atom. The van der Waals surface area contributed by atoms with Crippen LogP contribution in [0.1, 0.15) is 88.7 Å². The van der Waals surface area contributed by atoms with Crippen molar-refractivity contribution in [2.45, 2.75) is 89.6 Å². The van der Waals surface area contributed by atoms with Crippen LogP contribution in [0.25, 0.3) is 0 Å². The lowest BCUT2D eigenvalue weighted by molar-refractivity contribution is -0.128. The molecule has 1 aromatic heterocycles. The fourth-order valence-corrected chi connectivity index (χ4v) is 6.04. The van der Waals surface area contributed by atoms with Gasteiger partial charge in [-0.1, -0.05) is 18.6 Å². The minimum Gasteiger partial charge on any atom is -0.350 e. The molecule has 3 aliphatic rings. The fourth-order valence-electron chi connectivity index (χ4n) is 6.04. The summed E-state index contributed by atoms with van der Waals surface area (Å²) in [7, 11) is 1.72. The summed E-state index contributed by atoms with van der Waals surface area (Å²) in [6.07, 6.45) is 9.57. The maximum Gasteiger partial charge on any atom is 0.270 e. The number of hydrogen-bond donors (Lipinski definition) is 3. The van der Waals surface area contributed by atoms with Crippen molar-refractivity contribution in [3.8, 4) is 0 Å². The quantitative estimate of drug-likeness (QED) is 0.394. The molecule has 3 fully saturated rings. The molecule has 0 bridgehead atoms. The van der Waals surface area contributed by atoms with Gasteiger partial charge in [-0.2, -0.15) is 5.10 Å². The van der Waals surface area contributed by atoms with Crippen LogP contribution in [-0.2, 0) is 22.1 Å². The van der Waals surface area contributed by atoms with E-state index in [0.29, 0.717) is 29.1 Å². The van der Waals surface area contributed by atoms with E-state index in [1.54, 1.807) is 19.3 Å². The maximum atomic E-state index is 13.6. The molecule has 1 heterocycles. The average Bonchev–Trinajstić information content (AvgIpc) is 3.77. The molecule has 0 saturated heterocycles. The van der Waals surface area contributed by atoms with Crippen molar-refractivity contribution < 1.29 is 14.4 Å². The SMILES string of the molecule is Cn1nccc1C(=O)N[C@H](C(=O)Nc1ccc(C(C)(C)C(=O)NC(C)(C)C2CCC2)cc1)C(C1CC1)C1CC1. The van der Waals surface area contributed by atoms with Gasteiger partial charge in [-0.15, -0.1) is 0 Å². The van der Waals surface area contributed by atoms with E-state index in [0.717, 1.165) is 44.1 Å². The highest BCUT2D eigenvalue weighted by Gasteiger charge is 2.48. The van der Waals surface area contributed by atoms with Gasteiger partial charge in [0.15, 0.2) is 0 Å². The number of nitrogens with zero attached hydrogens (tertiary/aromatic N) is 2. The summed E-state index contributed by atoms with van der Waals surface area (Å²) in [5.41, 5.74) is 1.03. The number of carbonyl (C=O) groups excluding carboxylic acids is 3. The number of aryl methyl sites for hydroxylation is 1. The van der Waals surface area contributed by atoms with Gasteiger partial charge >= 0.3 is 0 Å². The molecule has 1 aromatic carbocycles. The zero-order valence-electron chi connectivity index (χ0n) is 23.9. The predicted octanol–water partition coefficient (Wildman–Crippen LogP) is 4.57. The van der Waals surface area contributed by atoms with E-state index < -0.39 is 11.5 Å². The van der Waals surface area contributed by atoms with Crippen LogP contribution in [0.4, 0.5) is 5.69 Å². The molecule has 3 amide bonds. The van der Waals surface area contributed by atoms with E-state index in [9.17, 15) is 14.4 Å². The van der Waals surface area contributed by atoms with Crippen molar-refractivity contribution in [3.63, 3.8) is 0 Å². The lowest BCUT2D eigenvalue weighted by Crippen LogP contribution is -2.55. The van der Waals surface area contributed by atoms with Crippen LogP contribution in [0.2, 0.25) is 0 Å². The zero-order valence-corrected chi connectivity index (χ0v) is 23.9. The molecule has 2 aromatic rings. The second kappa shape index (κ2) is 10.4. The number of rotatable bonds is 11. The van der Waals surface area contributed by atoms with Crippen molar-refractivity contribution >= 4 is 23.4 Å². The van der Waals surface area contributed by atoms with Gasteiger partial charge in [-0.3, -0.25) is 19.1 Å². The first-order chi connectivity index (χ1) is 18.5. The Morgan fingerprint density at radius 2 is 1.54 bits per heavy atom. The van der Waals surface area contributed by atoms with Crippen LogP contribution in [0.3, 0.4) is 0 Å². The molecule has 0 radical (unpaired) electrons. The number of carbonyl (C=O) groups is 3. The molecule has 0 unspecified atom stereocenters. The highest BCUT2D eigenvalue weighted by atomic mass is 16.2. The van der Waals surface area contributed by atoms with Crippen LogP contribution >= 0.6 is 0 Å². The van der Waals surface area contributed by atoms with Gasteiger partial charge < -0.3 is 16.0 Å². The number of aromatic nitrogens is 2. The first-order valence-electron chi connectivity index (χ1n) is 14.5. The van der Waals surface area contributed by atoms with E-state index in [1.165, 1.54) is 11.1 Å². The van der Waals surface area contributed by atoms with Crippen LogP contribution in [0.5, 0.6) is 0 Å². The van der Waals surface area contributed by atoms with E-state index >= 15 is 0 Å². The third kappa shape index (κ3) is 5.89. The van der Waals surface area contributed by atoms with E-state index in [4.69, 9.17) is 0 Å². The molecule has 5 rings (SSSR count). The average molecular weight is 534 g/mol. The second-order valence-corrected chi connectivity index (χ2v) is 13.0. The molecule has 3 aliphatic carbocycles. The number of benzene rings is 1. The van der Waals surface area contributed by atoms with Crippen LogP contribution < -0.4 is 16.0 Å². The molecule has 8 heteroatoms. The Labute approximate surface area is 231 Å². The van der Waals surface area contributed by atoms with Gasteiger partial charge in [-0.25, -0.2) is 0 Å². The van der Waals surface area contributed by atoms with Crippen molar-refractivity contribution in [1.82, 2.24) is 20.4 Å². The molecule has 1 atom stereocenters. The summed E-state index contributed by atoms with van der Waals surface area (Å²) in [4.78, 5) is 40.0. The number of amides is 3. The number of hydrogen-bond acceptors (Lipinski definition) is 4. The topological polar surface area (TPSA) is 105 Å². The molecular formula is C31H43N5O3.